The number of hydrogen-bond donors (Lipinski definition) is 1. The van der Waals surface area contributed by atoms with E-state index in [0.717, 1.165) is 22.4 Å². The monoisotopic (exact) mass is 454 g/mol. The summed E-state index contributed by atoms with van der Waals surface area (Å²) in [5.41, 5.74) is 6.58. The van der Waals surface area contributed by atoms with Gasteiger partial charge in [-0.1, -0.05) is 29.3 Å². The lowest BCUT2D eigenvalue weighted by atomic mass is 10.1. The summed E-state index contributed by atoms with van der Waals surface area (Å²) in [6.07, 6.45) is 1.64. The molecule has 8 heteroatoms. The molecule has 0 unspecified atom stereocenters. The standard InChI is InChI=1S/C23H20Cl2N4O2/c1-15-9-18(14-30-2)20(11-26)23(28-15)29-27-12-16-3-6-19(7-4-16)31-13-17-5-8-21(24)22(25)10-17/h3-10,12H,13-14H2,1-2H3,(H,28,29)/b27-12-. The predicted octanol–water partition coefficient (Wildman–Crippen LogP) is 5.74. The van der Waals surface area contributed by atoms with Crippen LogP contribution in [0.3, 0.4) is 0 Å². The van der Waals surface area contributed by atoms with Gasteiger partial charge in [-0.3, -0.25) is 5.43 Å². The zero-order valence-electron chi connectivity index (χ0n) is 17.0. The van der Waals surface area contributed by atoms with Crippen molar-refractivity contribution in [2.45, 2.75) is 20.1 Å². The van der Waals surface area contributed by atoms with Crippen LogP contribution < -0.4 is 10.2 Å². The molecule has 0 aliphatic heterocycles. The molecule has 3 aromatic rings. The first-order chi connectivity index (χ1) is 15.0. The zero-order valence-corrected chi connectivity index (χ0v) is 18.5. The highest BCUT2D eigenvalue weighted by atomic mass is 35.5. The first-order valence-electron chi connectivity index (χ1n) is 9.35. The highest BCUT2D eigenvalue weighted by Crippen LogP contribution is 2.23. The molecule has 0 fully saturated rings. The minimum atomic E-state index is 0.328. The molecule has 1 N–H and O–H groups in total. The van der Waals surface area contributed by atoms with Crippen LogP contribution in [0.2, 0.25) is 10.0 Å². The van der Waals surface area contributed by atoms with E-state index >= 15 is 0 Å². The number of methoxy groups -OCH3 is 1. The molecule has 0 saturated heterocycles. The number of halogens is 2. The maximum atomic E-state index is 9.46. The average Bonchev–Trinajstić information content (AvgIpc) is 2.75. The third-order valence-electron chi connectivity index (χ3n) is 4.29. The van der Waals surface area contributed by atoms with Crippen LogP contribution in [0.4, 0.5) is 5.82 Å². The van der Waals surface area contributed by atoms with Gasteiger partial charge in [-0.2, -0.15) is 10.4 Å². The Balaban J connectivity index is 1.62. The molecule has 0 aliphatic carbocycles. The van der Waals surface area contributed by atoms with Crippen LogP contribution in [0.5, 0.6) is 5.75 Å². The Kier molecular flexibility index (Phi) is 7.85. The highest BCUT2D eigenvalue weighted by molar-refractivity contribution is 6.42. The van der Waals surface area contributed by atoms with E-state index in [9.17, 15) is 5.26 Å². The SMILES string of the molecule is COCc1cc(C)nc(N/N=C\c2ccc(OCc3ccc(Cl)c(Cl)c3)cc2)c1C#N. The molecule has 31 heavy (non-hydrogen) atoms. The second kappa shape index (κ2) is 10.8. The second-order valence-corrected chi connectivity index (χ2v) is 7.48. The summed E-state index contributed by atoms with van der Waals surface area (Å²) in [6.45, 7) is 2.56. The quantitative estimate of drug-likeness (QED) is 0.346. The van der Waals surface area contributed by atoms with Crippen molar-refractivity contribution in [2.24, 2.45) is 5.10 Å². The van der Waals surface area contributed by atoms with Crippen molar-refractivity contribution < 1.29 is 9.47 Å². The summed E-state index contributed by atoms with van der Waals surface area (Å²) in [5, 5.41) is 14.7. The van der Waals surface area contributed by atoms with Crippen molar-refractivity contribution in [1.29, 1.82) is 5.26 Å². The van der Waals surface area contributed by atoms with E-state index in [1.54, 1.807) is 25.5 Å². The maximum Gasteiger partial charge on any atom is 0.164 e. The molecule has 0 bridgehead atoms. The van der Waals surface area contributed by atoms with Gasteiger partial charge in [-0.05, 0) is 60.5 Å². The van der Waals surface area contributed by atoms with Crippen LogP contribution in [0.1, 0.15) is 27.9 Å². The fourth-order valence-corrected chi connectivity index (χ4v) is 3.15. The van der Waals surface area contributed by atoms with E-state index in [-0.39, 0.29) is 0 Å². The molecule has 0 radical (unpaired) electrons. The molecule has 0 amide bonds. The van der Waals surface area contributed by atoms with Gasteiger partial charge in [0, 0.05) is 18.4 Å². The Bertz CT molecular complexity index is 1130. The number of benzene rings is 2. The summed E-state index contributed by atoms with van der Waals surface area (Å²) in [5.74, 6) is 1.11. The van der Waals surface area contributed by atoms with Gasteiger partial charge in [-0.25, -0.2) is 4.98 Å². The van der Waals surface area contributed by atoms with E-state index in [0.29, 0.717) is 40.4 Å². The molecule has 3 rings (SSSR count). The summed E-state index contributed by atoms with van der Waals surface area (Å²) >= 11 is 12.0. The van der Waals surface area contributed by atoms with E-state index in [1.807, 2.05) is 43.3 Å². The summed E-state index contributed by atoms with van der Waals surface area (Å²) in [4.78, 5) is 4.36. The van der Waals surface area contributed by atoms with Crippen molar-refractivity contribution in [3.8, 4) is 11.8 Å². The number of nitriles is 1. The van der Waals surface area contributed by atoms with Gasteiger partial charge >= 0.3 is 0 Å². The van der Waals surface area contributed by atoms with Gasteiger partial charge in [0.2, 0.25) is 0 Å². The number of pyridine rings is 1. The molecule has 158 valence electrons. The number of aryl methyl sites for hydroxylation is 1. The van der Waals surface area contributed by atoms with Crippen molar-refractivity contribution in [3.63, 3.8) is 0 Å². The van der Waals surface area contributed by atoms with Crippen LogP contribution in [0.15, 0.2) is 53.6 Å². The van der Waals surface area contributed by atoms with Gasteiger partial charge in [0.25, 0.3) is 0 Å². The lowest BCUT2D eigenvalue weighted by Gasteiger charge is -2.09. The lowest BCUT2D eigenvalue weighted by molar-refractivity contribution is 0.184. The van der Waals surface area contributed by atoms with Gasteiger partial charge in [0.05, 0.1) is 22.9 Å². The van der Waals surface area contributed by atoms with E-state index in [2.05, 4.69) is 21.6 Å². The molecular weight excluding hydrogens is 435 g/mol. The van der Waals surface area contributed by atoms with Crippen LogP contribution in [-0.4, -0.2) is 18.3 Å². The van der Waals surface area contributed by atoms with Crippen LogP contribution in [0.25, 0.3) is 0 Å². The summed E-state index contributed by atoms with van der Waals surface area (Å²) in [6, 6.07) is 16.8. The third-order valence-corrected chi connectivity index (χ3v) is 5.03. The minimum absolute atomic E-state index is 0.328. The number of hydrazone groups is 1. The van der Waals surface area contributed by atoms with Crippen molar-refractivity contribution in [3.05, 3.63) is 86.5 Å². The fraction of sp³-hybridized carbons (Fsp3) is 0.174. The largest absolute Gasteiger partial charge is 0.489 e. The number of anilines is 1. The van der Waals surface area contributed by atoms with Gasteiger partial charge in [0.15, 0.2) is 5.82 Å². The van der Waals surface area contributed by atoms with Crippen LogP contribution >= 0.6 is 23.2 Å². The third kappa shape index (κ3) is 6.19. The Hall–Kier alpha value is -3.11. The van der Waals surface area contributed by atoms with Gasteiger partial charge < -0.3 is 9.47 Å². The molecule has 1 aromatic heterocycles. The lowest BCUT2D eigenvalue weighted by Crippen LogP contribution is -2.03. The van der Waals surface area contributed by atoms with Crippen LogP contribution in [0, 0.1) is 18.3 Å². The molecule has 0 spiro atoms. The molecule has 2 aromatic carbocycles. The molecule has 0 aliphatic rings. The van der Waals surface area contributed by atoms with Crippen molar-refractivity contribution >= 4 is 35.2 Å². The van der Waals surface area contributed by atoms with Crippen LogP contribution in [-0.2, 0) is 18.0 Å². The Morgan fingerprint density at radius 1 is 1.10 bits per heavy atom. The normalized spacial score (nSPS) is 10.8. The number of rotatable bonds is 8. The smallest absolute Gasteiger partial charge is 0.164 e. The molecular formula is C23H20Cl2N4O2. The van der Waals surface area contributed by atoms with Crippen molar-refractivity contribution in [1.82, 2.24) is 4.98 Å². The predicted molar refractivity (Wildman–Crippen MR) is 123 cm³/mol. The summed E-state index contributed by atoms with van der Waals surface area (Å²) < 4.78 is 10.9. The first-order valence-corrected chi connectivity index (χ1v) is 10.1. The molecule has 0 saturated carbocycles. The minimum Gasteiger partial charge on any atom is -0.489 e. The van der Waals surface area contributed by atoms with Gasteiger partial charge in [-0.15, -0.1) is 0 Å². The number of nitrogens with zero attached hydrogens (tertiary/aromatic N) is 3. The topological polar surface area (TPSA) is 79.5 Å². The molecule has 6 nitrogen and oxygen atoms in total. The molecule has 1 heterocycles. The fourth-order valence-electron chi connectivity index (χ4n) is 2.83. The van der Waals surface area contributed by atoms with Gasteiger partial charge in [0.1, 0.15) is 24.0 Å². The Labute approximate surface area is 191 Å². The highest BCUT2D eigenvalue weighted by Gasteiger charge is 2.10. The number of ether oxygens (including phenoxy) is 2. The zero-order chi connectivity index (χ0) is 22.2. The maximum absolute atomic E-state index is 9.46. The Morgan fingerprint density at radius 3 is 2.55 bits per heavy atom. The van der Waals surface area contributed by atoms with E-state index < -0.39 is 0 Å². The van der Waals surface area contributed by atoms with E-state index in [1.165, 1.54) is 0 Å². The average molecular weight is 455 g/mol. The first kappa shape index (κ1) is 22.6. The van der Waals surface area contributed by atoms with Crippen molar-refractivity contribution in [2.75, 3.05) is 12.5 Å². The molecule has 0 atom stereocenters. The second-order valence-electron chi connectivity index (χ2n) is 6.67. The Morgan fingerprint density at radius 2 is 1.87 bits per heavy atom. The summed E-state index contributed by atoms with van der Waals surface area (Å²) in [7, 11) is 1.58. The number of hydrogen-bond acceptors (Lipinski definition) is 6. The van der Waals surface area contributed by atoms with E-state index in [4.69, 9.17) is 32.7 Å². The number of nitrogens with one attached hydrogen (secondary N) is 1. The number of aromatic nitrogens is 1.